The van der Waals surface area contributed by atoms with Crippen molar-refractivity contribution in [1.82, 2.24) is 5.32 Å². The van der Waals surface area contributed by atoms with Crippen LogP contribution in [0.25, 0.3) is 0 Å². The van der Waals surface area contributed by atoms with Crippen LogP contribution in [0.5, 0.6) is 0 Å². The lowest BCUT2D eigenvalue weighted by Crippen LogP contribution is -2.44. The number of hydrogen-bond donors (Lipinski definition) is 3. The molecule has 0 fully saturated rings. The molecular formula is C13H16N4O4. The fraction of sp³-hybridized carbons (Fsp3) is 0.231. The summed E-state index contributed by atoms with van der Waals surface area (Å²) >= 11 is 0. The molecule has 0 radical (unpaired) electrons. The van der Waals surface area contributed by atoms with Crippen molar-refractivity contribution < 1.29 is 18.8 Å². The normalized spacial score (nSPS) is 12.6. The van der Waals surface area contributed by atoms with Crippen molar-refractivity contribution >= 4 is 23.6 Å². The molecule has 0 aliphatic rings. The predicted molar refractivity (Wildman–Crippen MR) is 75.6 cm³/mol. The number of furan rings is 1. The first kappa shape index (κ1) is 16.2. The van der Waals surface area contributed by atoms with E-state index in [0.717, 1.165) is 0 Å². The Balaban J connectivity index is 2.88. The summed E-state index contributed by atoms with van der Waals surface area (Å²) in [5.41, 5.74) is 10.8. The second-order valence-electron chi connectivity index (χ2n) is 4.38. The molecular weight excluding hydrogens is 276 g/mol. The van der Waals surface area contributed by atoms with E-state index in [9.17, 15) is 14.4 Å². The van der Waals surface area contributed by atoms with Gasteiger partial charge in [0.2, 0.25) is 5.91 Å². The number of nitrogens with one attached hydrogen (secondary N) is 1. The van der Waals surface area contributed by atoms with Crippen molar-refractivity contribution in [3.63, 3.8) is 0 Å². The van der Waals surface area contributed by atoms with E-state index >= 15 is 0 Å². The highest BCUT2D eigenvalue weighted by Crippen LogP contribution is 2.10. The molecule has 112 valence electrons. The number of rotatable bonds is 5. The number of primary amides is 1. The first-order valence-electron chi connectivity index (χ1n) is 5.93. The van der Waals surface area contributed by atoms with E-state index in [-0.39, 0.29) is 17.4 Å². The summed E-state index contributed by atoms with van der Waals surface area (Å²) in [5.74, 6) is -2.39. The standard InChI is InChI=1S/C13H16N4O4/c1-6(2)10(11(15)18)17-13(20)9-5-4-8(21-9)12(19)16-7(3)14/h4-5,10H,1H2,2-3H3,(H2,15,18)(H,17,20)(H2,14,16,19). The van der Waals surface area contributed by atoms with Crippen LogP contribution in [0.15, 0.2) is 33.7 Å². The largest absolute Gasteiger partial charge is 0.446 e. The van der Waals surface area contributed by atoms with Crippen LogP contribution in [-0.4, -0.2) is 29.6 Å². The van der Waals surface area contributed by atoms with E-state index in [2.05, 4.69) is 16.9 Å². The molecule has 1 heterocycles. The maximum Gasteiger partial charge on any atom is 0.314 e. The van der Waals surface area contributed by atoms with Crippen molar-refractivity contribution in [2.24, 2.45) is 16.5 Å². The zero-order valence-corrected chi connectivity index (χ0v) is 11.7. The highest BCUT2D eigenvalue weighted by atomic mass is 16.4. The Labute approximate surface area is 120 Å². The van der Waals surface area contributed by atoms with Crippen LogP contribution in [0.4, 0.5) is 0 Å². The summed E-state index contributed by atoms with van der Waals surface area (Å²) in [6.07, 6.45) is 0. The first-order chi connectivity index (χ1) is 9.72. The molecule has 0 aromatic carbocycles. The lowest BCUT2D eigenvalue weighted by molar-refractivity contribution is -0.119. The molecule has 0 aliphatic heterocycles. The highest BCUT2D eigenvalue weighted by Gasteiger charge is 2.22. The van der Waals surface area contributed by atoms with Crippen molar-refractivity contribution in [3.8, 4) is 0 Å². The van der Waals surface area contributed by atoms with Gasteiger partial charge in [0.25, 0.3) is 5.91 Å². The van der Waals surface area contributed by atoms with Crippen LogP contribution in [0.3, 0.4) is 0 Å². The Morgan fingerprint density at radius 3 is 2.29 bits per heavy atom. The number of hydrogen-bond acceptors (Lipinski definition) is 4. The molecule has 0 saturated heterocycles. The Morgan fingerprint density at radius 2 is 1.81 bits per heavy atom. The number of amidine groups is 1. The van der Waals surface area contributed by atoms with Crippen molar-refractivity contribution in [2.45, 2.75) is 19.9 Å². The summed E-state index contributed by atoms with van der Waals surface area (Å²) in [5, 5.41) is 2.35. The molecule has 1 unspecified atom stereocenters. The molecule has 0 bridgehead atoms. The molecule has 1 rings (SSSR count). The number of nitrogens with zero attached hydrogens (tertiary/aromatic N) is 1. The molecule has 1 atom stereocenters. The van der Waals surface area contributed by atoms with Crippen molar-refractivity contribution in [3.05, 3.63) is 35.8 Å². The Kier molecular flexibility index (Phi) is 5.01. The molecule has 0 aliphatic carbocycles. The zero-order chi connectivity index (χ0) is 16.2. The maximum absolute atomic E-state index is 11.9. The molecule has 5 N–H and O–H groups in total. The van der Waals surface area contributed by atoms with Gasteiger partial charge in [0, 0.05) is 0 Å². The summed E-state index contributed by atoms with van der Waals surface area (Å²) in [6, 6.07) is 1.54. The van der Waals surface area contributed by atoms with Gasteiger partial charge in [-0.15, -0.1) is 0 Å². The van der Waals surface area contributed by atoms with Crippen molar-refractivity contribution in [1.29, 1.82) is 0 Å². The van der Waals surface area contributed by atoms with E-state index in [4.69, 9.17) is 15.9 Å². The monoisotopic (exact) mass is 292 g/mol. The molecule has 8 nitrogen and oxygen atoms in total. The predicted octanol–water partition coefficient (Wildman–Crippen LogP) is -0.0433. The Hall–Kier alpha value is -2.90. The van der Waals surface area contributed by atoms with Gasteiger partial charge in [0.15, 0.2) is 11.5 Å². The fourth-order valence-electron chi connectivity index (χ4n) is 1.43. The van der Waals surface area contributed by atoms with Gasteiger partial charge in [-0.1, -0.05) is 6.58 Å². The van der Waals surface area contributed by atoms with Gasteiger partial charge in [0.05, 0.1) is 0 Å². The minimum absolute atomic E-state index is 0.0680. The average Bonchev–Trinajstić information content (AvgIpc) is 2.83. The minimum Gasteiger partial charge on any atom is -0.446 e. The van der Waals surface area contributed by atoms with Gasteiger partial charge < -0.3 is 21.2 Å². The van der Waals surface area contributed by atoms with Gasteiger partial charge in [-0.2, -0.15) is 4.99 Å². The SMILES string of the molecule is C=C(C)C(NC(=O)c1ccc(C(=O)N=C(C)N)o1)C(N)=O. The second kappa shape index (κ2) is 6.51. The van der Waals surface area contributed by atoms with Gasteiger partial charge in [-0.25, -0.2) is 0 Å². The molecule has 1 aromatic heterocycles. The molecule has 1 aromatic rings. The third-order valence-corrected chi connectivity index (χ3v) is 2.37. The van der Waals surface area contributed by atoms with Crippen LogP contribution in [0.1, 0.15) is 35.0 Å². The summed E-state index contributed by atoms with van der Waals surface area (Å²) < 4.78 is 5.06. The van der Waals surface area contributed by atoms with Crippen molar-refractivity contribution in [2.75, 3.05) is 0 Å². The number of carbonyl (C=O) groups excluding carboxylic acids is 3. The molecule has 8 heteroatoms. The highest BCUT2D eigenvalue weighted by molar-refractivity contribution is 6.02. The lowest BCUT2D eigenvalue weighted by atomic mass is 10.1. The molecule has 0 saturated carbocycles. The van der Waals surface area contributed by atoms with Gasteiger partial charge in [-0.05, 0) is 31.6 Å². The molecule has 0 spiro atoms. The molecule has 21 heavy (non-hydrogen) atoms. The van der Waals surface area contributed by atoms with E-state index in [1.54, 1.807) is 6.92 Å². The Morgan fingerprint density at radius 1 is 1.24 bits per heavy atom. The number of carbonyl (C=O) groups is 3. The fourth-order valence-corrected chi connectivity index (χ4v) is 1.43. The first-order valence-corrected chi connectivity index (χ1v) is 5.93. The van der Waals surface area contributed by atoms with E-state index in [0.29, 0.717) is 5.57 Å². The van der Waals surface area contributed by atoms with Crippen LogP contribution in [-0.2, 0) is 4.79 Å². The molecule has 3 amide bonds. The number of nitrogens with two attached hydrogens (primary N) is 2. The summed E-state index contributed by atoms with van der Waals surface area (Å²) in [4.78, 5) is 38.1. The summed E-state index contributed by atoms with van der Waals surface area (Å²) in [7, 11) is 0. The van der Waals surface area contributed by atoms with Crippen LogP contribution in [0, 0.1) is 0 Å². The second-order valence-corrected chi connectivity index (χ2v) is 4.38. The van der Waals surface area contributed by atoms with Crippen LogP contribution < -0.4 is 16.8 Å². The quantitative estimate of drug-likeness (QED) is 0.396. The number of aliphatic imine (C=N–C) groups is 1. The van der Waals surface area contributed by atoms with Gasteiger partial charge in [-0.3, -0.25) is 14.4 Å². The van der Waals surface area contributed by atoms with E-state index < -0.39 is 23.8 Å². The van der Waals surface area contributed by atoms with E-state index in [1.807, 2.05) is 0 Å². The zero-order valence-electron chi connectivity index (χ0n) is 11.7. The number of amides is 3. The average molecular weight is 292 g/mol. The minimum atomic E-state index is -1.02. The lowest BCUT2D eigenvalue weighted by Gasteiger charge is -2.13. The van der Waals surface area contributed by atoms with E-state index in [1.165, 1.54) is 19.1 Å². The maximum atomic E-state index is 11.9. The van der Waals surface area contributed by atoms with Gasteiger partial charge >= 0.3 is 5.91 Å². The third-order valence-electron chi connectivity index (χ3n) is 2.37. The van der Waals surface area contributed by atoms with Gasteiger partial charge in [0.1, 0.15) is 11.9 Å². The van der Waals surface area contributed by atoms with Crippen LogP contribution in [0.2, 0.25) is 0 Å². The smallest absolute Gasteiger partial charge is 0.314 e. The third kappa shape index (κ3) is 4.30. The topological polar surface area (TPSA) is 141 Å². The summed E-state index contributed by atoms with van der Waals surface area (Å²) in [6.45, 7) is 6.55. The van der Waals surface area contributed by atoms with Crippen LogP contribution >= 0.6 is 0 Å². The Bertz CT molecular complexity index is 612.